The highest BCUT2D eigenvalue weighted by atomic mass is 35.5. The van der Waals surface area contributed by atoms with Crippen LogP contribution in [0.4, 0.5) is 4.79 Å². The number of benzene rings is 1. The zero-order valence-corrected chi connectivity index (χ0v) is 15.0. The zero-order chi connectivity index (χ0) is 18.3. The van der Waals surface area contributed by atoms with E-state index in [1.807, 2.05) is 17.0 Å². The highest BCUT2D eigenvalue weighted by Gasteiger charge is 2.41. The largest absolute Gasteiger partial charge is 0.364 e. The predicted molar refractivity (Wildman–Crippen MR) is 96.8 cm³/mol. The lowest BCUT2D eigenvalue weighted by atomic mass is 10.0. The average Bonchev–Trinajstić information content (AvgIpc) is 3.30. The van der Waals surface area contributed by atoms with Crippen molar-refractivity contribution in [2.45, 2.75) is 6.54 Å². The van der Waals surface area contributed by atoms with Crippen molar-refractivity contribution in [1.29, 1.82) is 0 Å². The summed E-state index contributed by atoms with van der Waals surface area (Å²) in [6.45, 7) is 4.28. The SMILES string of the molecule is NC(=O)c1ccn(C(=O)N2CC3CN(Cc4ccc(Cl)cc4)CC3C2)n1. The van der Waals surface area contributed by atoms with Gasteiger partial charge < -0.3 is 10.6 Å². The first-order chi connectivity index (χ1) is 12.5. The van der Waals surface area contributed by atoms with Crippen molar-refractivity contribution in [2.75, 3.05) is 26.2 Å². The lowest BCUT2D eigenvalue weighted by molar-refractivity contribution is 0.0995. The van der Waals surface area contributed by atoms with E-state index in [9.17, 15) is 9.59 Å². The molecule has 7 nitrogen and oxygen atoms in total. The Labute approximate surface area is 156 Å². The van der Waals surface area contributed by atoms with Gasteiger partial charge in [0.05, 0.1) is 0 Å². The zero-order valence-electron chi connectivity index (χ0n) is 14.2. The molecule has 2 aliphatic rings. The highest BCUT2D eigenvalue weighted by molar-refractivity contribution is 6.30. The Kier molecular flexibility index (Phi) is 4.42. The molecule has 0 radical (unpaired) electrons. The maximum atomic E-state index is 12.6. The molecule has 0 saturated carbocycles. The maximum absolute atomic E-state index is 12.6. The van der Waals surface area contributed by atoms with Gasteiger partial charge in [0.2, 0.25) is 0 Å². The van der Waals surface area contributed by atoms with Gasteiger partial charge in [-0.3, -0.25) is 9.69 Å². The fourth-order valence-corrected chi connectivity index (χ4v) is 4.06. The van der Waals surface area contributed by atoms with Gasteiger partial charge in [-0.25, -0.2) is 4.79 Å². The number of carbonyl (C=O) groups is 2. The molecule has 8 heteroatoms. The summed E-state index contributed by atoms with van der Waals surface area (Å²) in [4.78, 5) is 27.9. The van der Waals surface area contributed by atoms with E-state index in [0.717, 1.165) is 24.7 Å². The summed E-state index contributed by atoms with van der Waals surface area (Å²) >= 11 is 5.94. The quantitative estimate of drug-likeness (QED) is 0.886. The van der Waals surface area contributed by atoms with Gasteiger partial charge in [0, 0.05) is 43.9 Å². The van der Waals surface area contributed by atoms with E-state index in [1.165, 1.54) is 22.5 Å². The molecule has 0 bridgehead atoms. The lowest BCUT2D eigenvalue weighted by Gasteiger charge is -2.21. The van der Waals surface area contributed by atoms with Crippen molar-refractivity contribution in [2.24, 2.45) is 17.6 Å². The van der Waals surface area contributed by atoms with Gasteiger partial charge in [-0.15, -0.1) is 0 Å². The van der Waals surface area contributed by atoms with E-state index in [4.69, 9.17) is 17.3 Å². The van der Waals surface area contributed by atoms with Crippen molar-refractivity contribution in [1.82, 2.24) is 19.6 Å². The molecule has 1 aromatic heterocycles. The van der Waals surface area contributed by atoms with E-state index >= 15 is 0 Å². The van der Waals surface area contributed by atoms with Crippen molar-refractivity contribution >= 4 is 23.5 Å². The molecule has 4 rings (SSSR count). The van der Waals surface area contributed by atoms with Gasteiger partial charge in [-0.2, -0.15) is 9.78 Å². The van der Waals surface area contributed by atoms with Gasteiger partial charge in [0.25, 0.3) is 5.91 Å². The Balaban J connectivity index is 1.34. The van der Waals surface area contributed by atoms with E-state index in [-0.39, 0.29) is 11.7 Å². The molecule has 0 spiro atoms. The first-order valence-corrected chi connectivity index (χ1v) is 8.99. The summed E-state index contributed by atoms with van der Waals surface area (Å²) in [5.74, 6) is 0.308. The summed E-state index contributed by atoms with van der Waals surface area (Å²) < 4.78 is 1.20. The second-order valence-corrected chi connectivity index (χ2v) is 7.47. The Bertz CT molecular complexity index is 820. The number of hydrogen-bond acceptors (Lipinski definition) is 4. The number of nitrogens with two attached hydrogens (primary N) is 1. The van der Waals surface area contributed by atoms with E-state index in [2.05, 4.69) is 22.1 Å². The van der Waals surface area contributed by atoms with Crippen molar-refractivity contribution in [3.8, 4) is 0 Å². The molecule has 2 amide bonds. The van der Waals surface area contributed by atoms with Gasteiger partial charge in [0.15, 0.2) is 5.69 Å². The number of carbonyl (C=O) groups excluding carboxylic acids is 2. The second kappa shape index (κ2) is 6.74. The highest BCUT2D eigenvalue weighted by Crippen LogP contribution is 2.32. The topological polar surface area (TPSA) is 84.5 Å². The molecule has 2 saturated heterocycles. The fourth-order valence-electron chi connectivity index (χ4n) is 3.93. The van der Waals surface area contributed by atoms with Crippen molar-refractivity contribution in [3.05, 3.63) is 52.8 Å². The summed E-state index contributed by atoms with van der Waals surface area (Å²) in [5.41, 5.74) is 6.54. The summed E-state index contributed by atoms with van der Waals surface area (Å²) in [6.07, 6.45) is 1.49. The minimum atomic E-state index is -0.632. The molecule has 3 heterocycles. The van der Waals surface area contributed by atoms with E-state index in [0.29, 0.717) is 24.9 Å². The molecule has 2 aliphatic heterocycles. The molecule has 2 unspecified atom stereocenters. The molecule has 2 fully saturated rings. The van der Waals surface area contributed by atoms with Gasteiger partial charge in [0.1, 0.15) is 0 Å². The molecular weight excluding hydrogens is 354 g/mol. The van der Waals surface area contributed by atoms with Crippen LogP contribution in [0.15, 0.2) is 36.5 Å². The van der Waals surface area contributed by atoms with Gasteiger partial charge in [-0.05, 0) is 35.6 Å². The Hall–Kier alpha value is -2.38. The fraction of sp³-hybridized carbons (Fsp3) is 0.389. The molecule has 136 valence electrons. The smallest absolute Gasteiger partial charge is 0.344 e. The molecule has 0 aliphatic carbocycles. The molecule has 2 atom stereocenters. The molecule has 2 N–H and O–H groups in total. The average molecular weight is 374 g/mol. The van der Waals surface area contributed by atoms with Crippen LogP contribution in [0, 0.1) is 11.8 Å². The number of fused-ring (bicyclic) bond motifs is 1. The molecular formula is C18H20ClN5O2. The summed E-state index contributed by atoms with van der Waals surface area (Å²) in [7, 11) is 0. The maximum Gasteiger partial charge on any atom is 0.344 e. The van der Waals surface area contributed by atoms with Gasteiger partial charge >= 0.3 is 6.03 Å². The number of nitrogens with zero attached hydrogens (tertiary/aromatic N) is 4. The van der Waals surface area contributed by atoms with Crippen LogP contribution in [0.2, 0.25) is 5.02 Å². The lowest BCUT2D eigenvalue weighted by Crippen LogP contribution is -2.36. The number of amides is 2. The molecule has 2 aromatic rings. The minimum Gasteiger partial charge on any atom is -0.364 e. The third kappa shape index (κ3) is 3.32. The third-order valence-corrected chi connectivity index (χ3v) is 5.44. The Morgan fingerprint density at radius 2 is 1.73 bits per heavy atom. The number of primary amides is 1. The third-order valence-electron chi connectivity index (χ3n) is 5.19. The van der Waals surface area contributed by atoms with Crippen LogP contribution in [0.25, 0.3) is 0 Å². The Morgan fingerprint density at radius 1 is 1.08 bits per heavy atom. The van der Waals surface area contributed by atoms with Crippen LogP contribution in [-0.2, 0) is 6.54 Å². The van der Waals surface area contributed by atoms with E-state index in [1.54, 1.807) is 0 Å². The van der Waals surface area contributed by atoms with Crippen LogP contribution in [-0.4, -0.2) is 57.7 Å². The van der Waals surface area contributed by atoms with E-state index < -0.39 is 5.91 Å². The molecule has 26 heavy (non-hydrogen) atoms. The van der Waals surface area contributed by atoms with Crippen LogP contribution in [0.1, 0.15) is 16.1 Å². The van der Waals surface area contributed by atoms with Crippen LogP contribution >= 0.6 is 11.6 Å². The number of aromatic nitrogens is 2. The molecule has 1 aromatic carbocycles. The number of halogens is 1. The normalized spacial score (nSPS) is 22.6. The van der Waals surface area contributed by atoms with Crippen molar-refractivity contribution < 1.29 is 9.59 Å². The van der Waals surface area contributed by atoms with Crippen LogP contribution < -0.4 is 5.73 Å². The summed E-state index contributed by atoms with van der Waals surface area (Å²) in [5, 5.41) is 4.71. The number of hydrogen-bond donors (Lipinski definition) is 1. The van der Waals surface area contributed by atoms with Crippen molar-refractivity contribution in [3.63, 3.8) is 0 Å². The standard InChI is InChI=1S/C18H20ClN5O2/c19-15-3-1-12(2-4-15)7-22-8-13-10-23(11-14(13)9-22)18(26)24-6-5-16(21-24)17(20)25/h1-6,13-14H,7-11H2,(H2,20,25). The van der Waals surface area contributed by atoms with Gasteiger partial charge in [-0.1, -0.05) is 23.7 Å². The number of likely N-dealkylation sites (tertiary alicyclic amines) is 2. The number of rotatable bonds is 3. The monoisotopic (exact) mass is 373 g/mol. The Morgan fingerprint density at radius 3 is 2.31 bits per heavy atom. The van der Waals surface area contributed by atoms with Crippen LogP contribution in [0.3, 0.4) is 0 Å². The van der Waals surface area contributed by atoms with Crippen LogP contribution in [0.5, 0.6) is 0 Å². The predicted octanol–water partition coefficient (Wildman–Crippen LogP) is 1.67. The minimum absolute atomic E-state index is 0.104. The first-order valence-electron chi connectivity index (χ1n) is 8.61. The summed E-state index contributed by atoms with van der Waals surface area (Å²) in [6, 6.07) is 9.21. The first kappa shape index (κ1) is 17.1. The second-order valence-electron chi connectivity index (χ2n) is 7.04.